The molecule has 1 nitrogen and oxygen atoms in total. The summed E-state index contributed by atoms with van der Waals surface area (Å²) in [6.45, 7) is 0. The minimum Gasteiger partial charge on any atom is -0.246 e. The number of fused-ring (bicyclic) bond motifs is 1. The number of hydrogen-bond acceptors (Lipinski definition) is 2. The SMILES string of the molecule is CSC1=Nc2ccccc2[C@@H](c2ccccc2)CC1. The minimum absolute atomic E-state index is 0.464. The zero-order valence-electron chi connectivity index (χ0n) is 11.0. The van der Waals surface area contributed by atoms with Crippen molar-refractivity contribution in [1.29, 1.82) is 0 Å². The van der Waals surface area contributed by atoms with Crippen molar-refractivity contribution in [1.82, 2.24) is 0 Å². The molecule has 0 radical (unpaired) electrons. The molecule has 2 heteroatoms. The molecule has 0 bridgehead atoms. The first-order chi connectivity index (χ1) is 9.38. The lowest BCUT2D eigenvalue weighted by Crippen LogP contribution is -2.01. The van der Waals surface area contributed by atoms with Crippen molar-refractivity contribution in [2.75, 3.05) is 6.26 Å². The Balaban J connectivity index is 2.07. The lowest BCUT2D eigenvalue weighted by Gasteiger charge is -2.17. The summed E-state index contributed by atoms with van der Waals surface area (Å²) in [7, 11) is 0. The van der Waals surface area contributed by atoms with Gasteiger partial charge in [0.05, 0.1) is 10.7 Å². The highest BCUT2D eigenvalue weighted by molar-refractivity contribution is 8.13. The van der Waals surface area contributed by atoms with E-state index in [1.165, 1.54) is 16.2 Å². The molecule has 0 fully saturated rings. The molecule has 1 heterocycles. The van der Waals surface area contributed by atoms with Gasteiger partial charge in [0.15, 0.2) is 0 Å². The Morgan fingerprint density at radius 1 is 1.00 bits per heavy atom. The summed E-state index contributed by atoms with van der Waals surface area (Å²) in [6, 6.07) is 19.3. The van der Waals surface area contributed by atoms with Gasteiger partial charge >= 0.3 is 0 Å². The Morgan fingerprint density at radius 3 is 2.53 bits per heavy atom. The molecule has 0 saturated heterocycles. The predicted molar refractivity (Wildman–Crippen MR) is 84.6 cm³/mol. The third kappa shape index (κ3) is 2.59. The number of rotatable bonds is 1. The molecule has 0 saturated carbocycles. The normalized spacial score (nSPS) is 18.4. The van der Waals surface area contributed by atoms with E-state index in [0.29, 0.717) is 5.92 Å². The standard InChI is InChI=1S/C17H17NS/c1-19-17-12-11-14(13-7-3-2-4-8-13)15-9-5-6-10-16(15)18-17/h2-10,14H,11-12H2,1H3/t14-/m1/s1. The van der Waals surface area contributed by atoms with Crippen molar-refractivity contribution in [2.24, 2.45) is 4.99 Å². The van der Waals surface area contributed by atoms with Crippen LogP contribution in [0.15, 0.2) is 59.6 Å². The van der Waals surface area contributed by atoms with Crippen molar-refractivity contribution in [3.8, 4) is 0 Å². The minimum atomic E-state index is 0.464. The fourth-order valence-corrected chi connectivity index (χ4v) is 3.19. The Labute approximate surface area is 118 Å². The molecule has 3 rings (SSSR count). The van der Waals surface area contributed by atoms with Crippen LogP contribution in [0, 0.1) is 0 Å². The summed E-state index contributed by atoms with van der Waals surface area (Å²) in [5.41, 5.74) is 3.89. The van der Waals surface area contributed by atoms with E-state index >= 15 is 0 Å². The van der Waals surface area contributed by atoms with E-state index in [-0.39, 0.29) is 0 Å². The summed E-state index contributed by atoms with van der Waals surface area (Å²) in [5, 5.41) is 1.24. The lowest BCUT2D eigenvalue weighted by atomic mass is 9.87. The Morgan fingerprint density at radius 2 is 1.74 bits per heavy atom. The second kappa shape index (κ2) is 5.62. The van der Waals surface area contributed by atoms with Crippen LogP contribution in [0.25, 0.3) is 0 Å². The summed E-state index contributed by atoms with van der Waals surface area (Å²) in [4.78, 5) is 4.81. The molecule has 2 aromatic rings. The van der Waals surface area contributed by atoms with Gasteiger partial charge in [0.2, 0.25) is 0 Å². The zero-order chi connectivity index (χ0) is 13.1. The van der Waals surface area contributed by atoms with Crippen LogP contribution >= 0.6 is 11.8 Å². The van der Waals surface area contributed by atoms with Gasteiger partial charge in [-0.1, -0.05) is 48.5 Å². The molecule has 0 aliphatic carbocycles. The Bertz CT molecular complexity index is 589. The fraction of sp³-hybridized carbons (Fsp3) is 0.235. The van der Waals surface area contributed by atoms with Gasteiger partial charge in [0.25, 0.3) is 0 Å². The van der Waals surface area contributed by atoms with Crippen LogP contribution in [0.5, 0.6) is 0 Å². The first-order valence-electron chi connectivity index (χ1n) is 6.64. The van der Waals surface area contributed by atoms with E-state index in [0.717, 1.165) is 18.5 Å². The molecule has 0 amide bonds. The molecule has 1 atom stereocenters. The molecule has 0 aromatic heterocycles. The highest BCUT2D eigenvalue weighted by Gasteiger charge is 2.20. The van der Waals surface area contributed by atoms with E-state index in [1.807, 2.05) is 0 Å². The van der Waals surface area contributed by atoms with Gasteiger partial charge in [-0.3, -0.25) is 0 Å². The van der Waals surface area contributed by atoms with Crippen LogP contribution in [0.4, 0.5) is 5.69 Å². The quantitative estimate of drug-likeness (QED) is 0.708. The van der Waals surface area contributed by atoms with E-state index in [2.05, 4.69) is 60.9 Å². The molecular formula is C17H17NS. The largest absolute Gasteiger partial charge is 0.246 e. The Hall–Kier alpha value is -1.54. The van der Waals surface area contributed by atoms with E-state index in [4.69, 9.17) is 4.99 Å². The van der Waals surface area contributed by atoms with Gasteiger partial charge in [-0.2, -0.15) is 0 Å². The molecule has 1 aliphatic heterocycles. The fourth-order valence-electron chi connectivity index (χ4n) is 2.68. The monoisotopic (exact) mass is 267 g/mol. The van der Waals surface area contributed by atoms with Crippen LogP contribution in [-0.4, -0.2) is 11.3 Å². The molecule has 0 spiro atoms. The van der Waals surface area contributed by atoms with Crippen molar-refractivity contribution < 1.29 is 0 Å². The lowest BCUT2D eigenvalue weighted by molar-refractivity contribution is 0.754. The molecule has 0 unspecified atom stereocenters. The van der Waals surface area contributed by atoms with Crippen LogP contribution in [-0.2, 0) is 0 Å². The van der Waals surface area contributed by atoms with Crippen LogP contribution in [0.3, 0.4) is 0 Å². The van der Waals surface area contributed by atoms with Gasteiger partial charge in [-0.25, -0.2) is 4.99 Å². The molecular weight excluding hydrogens is 250 g/mol. The topological polar surface area (TPSA) is 12.4 Å². The van der Waals surface area contributed by atoms with Gasteiger partial charge < -0.3 is 0 Å². The summed E-state index contributed by atoms with van der Waals surface area (Å²) < 4.78 is 0. The zero-order valence-corrected chi connectivity index (χ0v) is 11.9. The smallest absolute Gasteiger partial charge is 0.0736 e. The molecule has 0 N–H and O–H groups in total. The number of aliphatic imine (C=N–C) groups is 1. The van der Waals surface area contributed by atoms with Crippen molar-refractivity contribution in [2.45, 2.75) is 18.8 Å². The van der Waals surface area contributed by atoms with E-state index in [9.17, 15) is 0 Å². The molecule has 96 valence electrons. The number of nitrogens with zero attached hydrogens (tertiary/aromatic N) is 1. The number of hydrogen-bond donors (Lipinski definition) is 0. The van der Waals surface area contributed by atoms with Gasteiger partial charge in [0, 0.05) is 5.92 Å². The predicted octanol–water partition coefficient (Wildman–Crippen LogP) is 5.01. The van der Waals surface area contributed by atoms with Gasteiger partial charge in [-0.15, -0.1) is 11.8 Å². The summed E-state index contributed by atoms with van der Waals surface area (Å²) >= 11 is 1.77. The maximum atomic E-state index is 4.81. The molecule has 2 aromatic carbocycles. The summed E-state index contributed by atoms with van der Waals surface area (Å²) in [6.07, 6.45) is 4.32. The molecule has 1 aliphatic rings. The first-order valence-corrected chi connectivity index (χ1v) is 7.86. The number of para-hydroxylation sites is 1. The highest BCUT2D eigenvalue weighted by atomic mass is 32.2. The average Bonchev–Trinajstić information content (AvgIpc) is 2.67. The maximum absolute atomic E-state index is 4.81. The summed E-state index contributed by atoms with van der Waals surface area (Å²) in [5.74, 6) is 0.464. The molecule has 19 heavy (non-hydrogen) atoms. The van der Waals surface area contributed by atoms with Crippen molar-refractivity contribution >= 4 is 22.5 Å². The number of benzene rings is 2. The van der Waals surface area contributed by atoms with Crippen molar-refractivity contribution in [3.63, 3.8) is 0 Å². The average molecular weight is 267 g/mol. The second-order valence-corrected chi connectivity index (χ2v) is 5.65. The van der Waals surface area contributed by atoms with E-state index in [1.54, 1.807) is 11.8 Å². The van der Waals surface area contributed by atoms with Gasteiger partial charge in [0.1, 0.15) is 0 Å². The third-order valence-corrected chi connectivity index (χ3v) is 4.41. The Kier molecular flexibility index (Phi) is 3.69. The highest BCUT2D eigenvalue weighted by Crippen LogP contribution is 2.38. The van der Waals surface area contributed by atoms with Crippen LogP contribution < -0.4 is 0 Å². The van der Waals surface area contributed by atoms with Crippen molar-refractivity contribution in [3.05, 3.63) is 65.7 Å². The first kappa shape index (κ1) is 12.5. The van der Waals surface area contributed by atoms with Crippen LogP contribution in [0.2, 0.25) is 0 Å². The van der Waals surface area contributed by atoms with E-state index < -0.39 is 0 Å². The maximum Gasteiger partial charge on any atom is 0.0736 e. The van der Waals surface area contributed by atoms with Gasteiger partial charge in [-0.05, 0) is 36.3 Å². The third-order valence-electron chi connectivity index (χ3n) is 3.64. The second-order valence-electron chi connectivity index (χ2n) is 4.77. The number of thioether (sulfide) groups is 1. The van der Waals surface area contributed by atoms with Crippen LogP contribution in [0.1, 0.15) is 29.9 Å².